The molecule has 0 spiro atoms. The van der Waals surface area contributed by atoms with Crippen LogP contribution in [0.3, 0.4) is 0 Å². The van der Waals surface area contributed by atoms with E-state index in [1.165, 1.54) is 37.5 Å². The molecule has 1 aliphatic rings. The second-order valence-corrected chi connectivity index (χ2v) is 9.39. The number of nitrogens with zero attached hydrogens (tertiary/aromatic N) is 2. The summed E-state index contributed by atoms with van der Waals surface area (Å²) in [5, 5.41) is 3.01. The fourth-order valence-electron chi connectivity index (χ4n) is 4.51. The van der Waals surface area contributed by atoms with Crippen molar-refractivity contribution in [1.82, 2.24) is 10.2 Å². The molecule has 192 valence electrons. The van der Waals surface area contributed by atoms with E-state index < -0.39 is 0 Å². The summed E-state index contributed by atoms with van der Waals surface area (Å²) in [7, 11) is 0. The number of benzene rings is 3. The highest BCUT2D eigenvalue weighted by molar-refractivity contribution is 6.03. The fraction of sp³-hybridized carbons (Fsp3) is 0.290. The number of hydrogen-bond acceptors (Lipinski definition) is 3. The Labute approximate surface area is 218 Å². The van der Waals surface area contributed by atoms with Gasteiger partial charge in [0, 0.05) is 24.9 Å². The highest BCUT2D eigenvalue weighted by Crippen LogP contribution is 2.20. The molecule has 6 heteroatoms. The van der Waals surface area contributed by atoms with E-state index in [4.69, 9.17) is 0 Å². The average Bonchev–Trinajstić information content (AvgIpc) is 2.92. The normalized spacial score (nSPS) is 14.0. The molecule has 0 bridgehead atoms. The lowest BCUT2D eigenvalue weighted by Crippen LogP contribution is -2.38. The van der Waals surface area contributed by atoms with Gasteiger partial charge in [-0.25, -0.2) is 4.39 Å². The van der Waals surface area contributed by atoms with Crippen molar-refractivity contribution in [2.24, 2.45) is 0 Å². The molecule has 1 aliphatic heterocycles. The van der Waals surface area contributed by atoms with Crippen molar-refractivity contribution >= 4 is 23.6 Å². The van der Waals surface area contributed by atoms with Crippen LogP contribution in [-0.4, -0.2) is 42.9 Å². The maximum absolute atomic E-state index is 13.8. The first-order chi connectivity index (χ1) is 18.1. The molecular formula is C31H34FN3O2. The van der Waals surface area contributed by atoms with Crippen LogP contribution in [0, 0.1) is 5.82 Å². The fourth-order valence-corrected chi connectivity index (χ4v) is 4.51. The Hall–Kier alpha value is -3.77. The SMILES string of the molecule is O=C(Cc1ccc(N(Cc2cccc(F)c2)C(=O)/C=C/c2ccccc2)cc1)NCCN1CCCCC1. The number of carbonyl (C=O) groups excluding carboxylic acids is 2. The monoisotopic (exact) mass is 499 g/mol. The Morgan fingerprint density at radius 3 is 2.38 bits per heavy atom. The van der Waals surface area contributed by atoms with E-state index in [1.807, 2.05) is 54.6 Å². The highest BCUT2D eigenvalue weighted by atomic mass is 19.1. The number of likely N-dealkylation sites (tertiary alicyclic amines) is 1. The lowest BCUT2D eigenvalue weighted by atomic mass is 10.1. The Morgan fingerprint density at radius 2 is 1.65 bits per heavy atom. The van der Waals surface area contributed by atoms with Gasteiger partial charge in [0.15, 0.2) is 0 Å². The lowest BCUT2D eigenvalue weighted by molar-refractivity contribution is -0.120. The maximum atomic E-state index is 13.8. The van der Waals surface area contributed by atoms with E-state index in [-0.39, 0.29) is 30.6 Å². The minimum Gasteiger partial charge on any atom is -0.355 e. The first-order valence-corrected chi connectivity index (χ1v) is 12.9. The number of hydrogen-bond donors (Lipinski definition) is 1. The van der Waals surface area contributed by atoms with Crippen LogP contribution >= 0.6 is 0 Å². The third-order valence-corrected chi connectivity index (χ3v) is 6.53. The number of piperidine rings is 1. The van der Waals surface area contributed by atoms with E-state index in [0.717, 1.165) is 30.8 Å². The molecule has 0 atom stereocenters. The Kier molecular flexibility index (Phi) is 9.60. The zero-order chi connectivity index (χ0) is 25.9. The quantitative estimate of drug-likeness (QED) is 0.389. The van der Waals surface area contributed by atoms with Crippen LogP contribution in [0.5, 0.6) is 0 Å². The van der Waals surface area contributed by atoms with Gasteiger partial charge in [0.1, 0.15) is 5.82 Å². The third kappa shape index (κ3) is 8.40. The minimum absolute atomic E-state index is 0.0109. The molecule has 4 rings (SSSR count). The molecule has 1 N–H and O–H groups in total. The van der Waals surface area contributed by atoms with Crippen LogP contribution < -0.4 is 10.2 Å². The zero-order valence-electron chi connectivity index (χ0n) is 21.1. The number of amides is 2. The van der Waals surface area contributed by atoms with Gasteiger partial charge in [-0.05, 0) is 73.0 Å². The molecule has 0 radical (unpaired) electrons. The molecule has 0 aliphatic carbocycles. The molecule has 5 nitrogen and oxygen atoms in total. The average molecular weight is 500 g/mol. The second-order valence-electron chi connectivity index (χ2n) is 9.39. The van der Waals surface area contributed by atoms with Crippen molar-refractivity contribution in [1.29, 1.82) is 0 Å². The van der Waals surface area contributed by atoms with Crippen LogP contribution in [0.1, 0.15) is 36.0 Å². The summed E-state index contributed by atoms with van der Waals surface area (Å²) in [5.41, 5.74) is 3.17. The summed E-state index contributed by atoms with van der Waals surface area (Å²) >= 11 is 0. The van der Waals surface area contributed by atoms with Crippen molar-refractivity contribution in [3.05, 3.63) is 107 Å². The van der Waals surface area contributed by atoms with Crippen LogP contribution in [0.4, 0.5) is 10.1 Å². The van der Waals surface area contributed by atoms with Crippen molar-refractivity contribution in [3.8, 4) is 0 Å². The summed E-state index contributed by atoms with van der Waals surface area (Å²) in [4.78, 5) is 29.6. The molecular weight excluding hydrogens is 465 g/mol. The van der Waals surface area contributed by atoms with E-state index in [1.54, 1.807) is 23.1 Å². The summed E-state index contributed by atoms with van der Waals surface area (Å²) < 4.78 is 13.8. The minimum atomic E-state index is -0.341. The molecule has 1 fully saturated rings. The number of rotatable bonds is 10. The van der Waals surface area contributed by atoms with Crippen LogP contribution in [0.2, 0.25) is 0 Å². The summed E-state index contributed by atoms with van der Waals surface area (Å²) in [5.74, 6) is -0.564. The van der Waals surface area contributed by atoms with Gasteiger partial charge in [-0.15, -0.1) is 0 Å². The molecule has 3 aromatic rings. The van der Waals surface area contributed by atoms with Crippen LogP contribution in [0.15, 0.2) is 84.9 Å². The van der Waals surface area contributed by atoms with Gasteiger partial charge in [-0.3, -0.25) is 9.59 Å². The maximum Gasteiger partial charge on any atom is 0.251 e. The largest absolute Gasteiger partial charge is 0.355 e. The van der Waals surface area contributed by atoms with Crippen molar-refractivity contribution in [2.75, 3.05) is 31.1 Å². The van der Waals surface area contributed by atoms with Crippen LogP contribution in [0.25, 0.3) is 6.08 Å². The van der Waals surface area contributed by atoms with Gasteiger partial charge in [0.2, 0.25) is 5.91 Å². The zero-order valence-corrected chi connectivity index (χ0v) is 21.1. The van der Waals surface area contributed by atoms with E-state index >= 15 is 0 Å². The first kappa shape index (κ1) is 26.3. The van der Waals surface area contributed by atoms with E-state index in [0.29, 0.717) is 17.8 Å². The van der Waals surface area contributed by atoms with Gasteiger partial charge in [0.25, 0.3) is 5.91 Å². The van der Waals surface area contributed by atoms with Gasteiger partial charge in [-0.1, -0.05) is 61.0 Å². The van der Waals surface area contributed by atoms with Crippen LogP contribution in [-0.2, 0) is 22.6 Å². The molecule has 0 aromatic heterocycles. The van der Waals surface area contributed by atoms with E-state index in [2.05, 4.69) is 10.2 Å². The Morgan fingerprint density at radius 1 is 0.892 bits per heavy atom. The van der Waals surface area contributed by atoms with Crippen molar-refractivity contribution in [3.63, 3.8) is 0 Å². The lowest BCUT2D eigenvalue weighted by Gasteiger charge is -2.26. The van der Waals surface area contributed by atoms with Crippen molar-refractivity contribution in [2.45, 2.75) is 32.2 Å². The number of nitrogens with one attached hydrogen (secondary N) is 1. The van der Waals surface area contributed by atoms with Gasteiger partial charge >= 0.3 is 0 Å². The van der Waals surface area contributed by atoms with Gasteiger partial charge in [-0.2, -0.15) is 0 Å². The summed E-state index contributed by atoms with van der Waals surface area (Å²) in [6, 6.07) is 23.3. The molecule has 37 heavy (non-hydrogen) atoms. The molecule has 3 aromatic carbocycles. The molecule has 1 saturated heterocycles. The second kappa shape index (κ2) is 13.5. The number of halogens is 1. The molecule has 0 unspecified atom stereocenters. The van der Waals surface area contributed by atoms with E-state index in [9.17, 15) is 14.0 Å². The number of carbonyl (C=O) groups is 2. The molecule has 2 amide bonds. The van der Waals surface area contributed by atoms with Gasteiger partial charge in [0.05, 0.1) is 13.0 Å². The third-order valence-electron chi connectivity index (χ3n) is 6.53. The van der Waals surface area contributed by atoms with Crippen molar-refractivity contribution < 1.29 is 14.0 Å². The molecule has 1 heterocycles. The highest BCUT2D eigenvalue weighted by Gasteiger charge is 2.15. The topological polar surface area (TPSA) is 52.7 Å². The predicted molar refractivity (Wildman–Crippen MR) is 147 cm³/mol. The first-order valence-electron chi connectivity index (χ1n) is 12.9. The molecule has 0 saturated carbocycles. The summed E-state index contributed by atoms with van der Waals surface area (Å²) in [6.07, 6.45) is 7.35. The Balaban J connectivity index is 1.40. The Bertz CT molecular complexity index is 1190. The summed E-state index contributed by atoms with van der Waals surface area (Å²) in [6.45, 7) is 4.00. The number of anilines is 1. The predicted octanol–water partition coefficient (Wildman–Crippen LogP) is 5.22. The standard InChI is InChI=1S/C31H34FN3O2/c32-28-11-7-10-27(22-28)24-35(31(37)17-14-25-8-3-1-4-9-25)29-15-12-26(13-16-29)23-30(36)33-18-21-34-19-5-2-6-20-34/h1,3-4,7-17,22H,2,5-6,18-21,23-24H2,(H,33,36)/b17-14+. The van der Waals surface area contributed by atoms with Gasteiger partial charge < -0.3 is 15.1 Å². The smallest absolute Gasteiger partial charge is 0.251 e.